The molecular weight excluding hydrogens is 196 g/mol. The molecule has 0 aliphatic heterocycles. The summed E-state index contributed by atoms with van der Waals surface area (Å²) in [6.45, 7) is 11.3. The molecule has 1 heteroatoms. The summed E-state index contributed by atoms with van der Waals surface area (Å²) in [6, 6.07) is 0. The SMILES string of the molecule is CCCC(C)C1(O)CC(C)CCC1C(C)C. The van der Waals surface area contributed by atoms with Gasteiger partial charge in [-0.2, -0.15) is 0 Å². The van der Waals surface area contributed by atoms with Gasteiger partial charge in [0.1, 0.15) is 0 Å². The average molecular weight is 226 g/mol. The van der Waals surface area contributed by atoms with Gasteiger partial charge in [0.2, 0.25) is 0 Å². The fourth-order valence-corrected chi connectivity index (χ4v) is 3.69. The average Bonchev–Trinajstić information content (AvgIpc) is 2.17. The molecule has 1 rings (SSSR count). The molecule has 1 nitrogen and oxygen atoms in total. The lowest BCUT2D eigenvalue weighted by atomic mass is 9.62. The summed E-state index contributed by atoms with van der Waals surface area (Å²) in [4.78, 5) is 0. The standard InChI is InChI=1S/C15H30O/c1-6-7-13(5)15(16)10-12(4)8-9-14(15)11(2)3/h11-14,16H,6-10H2,1-5H3. The first-order valence-corrected chi connectivity index (χ1v) is 7.14. The summed E-state index contributed by atoms with van der Waals surface area (Å²) in [5.41, 5.74) is -0.401. The van der Waals surface area contributed by atoms with Crippen LogP contribution in [0, 0.1) is 23.7 Å². The molecule has 16 heavy (non-hydrogen) atoms. The Balaban J connectivity index is 2.83. The third kappa shape index (κ3) is 2.80. The fourth-order valence-electron chi connectivity index (χ4n) is 3.69. The predicted molar refractivity (Wildman–Crippen MR) is 70.4 cm³/mol. The van der Waals surface area contributed by atoms with Gasteiger partial charge in [0.15, 0.2) is 0 Å². The Bertz CT molecular complexity index is 211. The minimum absolute atomic E-state index is 0.401. The van der Waals surface area contributed by atoms with Crippen molar-refractivity contribution in [2.24, 2.45) is 23.7 Å². The van der Waals surface area contributed by atoms with Crippen molar-refractivity contribution in [1.82, 2.24) is 0 Å². The zero-order valence-corrected chi connectivity index (χ0v) is 11.8. The van der Waals surface area contributed by atoms with E-state index in [2.05, 4.69) is 34.6 Å². The van der Waals surface area contributed by atoms with Crippen LogP contribution in [0.25, 0.3) is 0 Å². The van der Waals surface area contributed by atoms with Crippen molar-refractivity contribution in [3.63, 3.8) is 0 Å². The first kappa shape index (κ1) is 14.0. The second-order valence-electron chi connectivity index (χ2n) is 6.42. The Hall–Kier alpha value is -0.0400. The van der Waals surface area contributed by atoms with E-state index in [0.717, 1.165) is 12.8 Å². The van der Waals surface area contributed by atoms with Crippen molar-refractivity contribution in [2.75, 3.05) is 0 Å². The smallest absolute Gasteiger partial charge is 0.0706 e. The summed E-state index contributed by atoms with van der Waals surface area (Å²) in [7, 11) is 0. The topological polar surface area (TPSA) is 20.2 Å². The number of hydrogen-bond donors (Lipinski definition) is 1. The van der Waals surface area contributed by atoms with Crippen LogP contribution in [0.1, 0.15) is 66.7 Å². The van der Waals surface area contributed by atoms with Gasteiger partial charge >= 0.3 is 0 Å². The van der Waals surface area contributed by atoms with Crippen molar-refractivity contribution < 1.29 is 5.11 Å². The molecule has 1 saturated carbocycles. The van der Waals surface area contributed by atoms with Crippen LogP contribution in [-0.2, 0) is 0 Å². The van der Waals surface area contributed by atoms with Crippen LogP contribution in [0.3, 0.4) is 0 Å². The lowest BCUT2D eigenvalue weighted by Crippen LogP contribution is -2.50. The fraction of sp³-hybridized carbons (Fsp3) is 1.00. The summed E-state index contributed by atoms with van der Waals surface area (Å²) in [5.74, 6) is 2.26. The molecule has 0 heterocycles. The van der Waals surface area contributed by atoms with Gasteiger partial charge in [-0.1, -0.05) is 47.5 Å². The van der Waals surface area contributed by atoms with Gasteiger partial charge in [0, 0.05) is 0 Å². The summed E-state index contributed by atoms with van der Waals surface area (Å²) >= 11 is 0. The summed E-state index contributed by atoms with van der Waals surface area (Å²) in [5, 5.41) is 11.1. The third-order valence-electron chi connectivity index (χ3n) is 4.67. The molecular formula is C15H30O. The number of hydrogen-bond acceptors (Lipinski definition) is 1. The largest absolute Gasteiger partial charge is 0.389 e. The first-order valence-electron chi connectivity index (χ1n) is 7.14. The quantitative estimate of drug-likeness (QED) is 0.760. The van der Waals surface area contributed by atoms with Crippen molar-refractivity contribution in [1.29, 1.82) is 0 Å². The Morgan fingerprint density at radius 2 is 1.88 bits per heavy atom. The lowest BCUT2D eigenvalue weighted by Gasteiger charge is -2.48. The van der Waals surface area contributed by atoms with E-state index in [1.807, 2.05) is 0 Å². The Morgan fingerprint density at radius 3 is 2.38 bits per heavy atom. The van der Waals surface area contributed by atoms with Crippen molar-refractivity contribution in [3.8, 4) is 0 Å². The molecule has 0 spiro atoms. The lowest BCUT2D eigenvalue weighted by molar-refractivity contribution is -0.119. The van der Waals surface area contributed by atoms with E-state index in [0.29, 0.717) is 23.7 Å². The van der Waals surface area contributed by atoms with Gasteiger partial charge in [0.25, 0.3) is 0 Å². The van der Waals surface area contributed by atoms with Gasteiger partial charge in [-0.15, -0.1) is 0 Å². The highest BCUT2D eigenvalue weighted by molar-refractivity contribution is 4.96. The van der Waals surface area contributed by atoms with Gasteiger partial charge in [-0.25, -0.2) is 0 Å². The molecule has 1 N–H and O–H groups in total. The third-order valence-corrected chi connectivity index (χ3v) is 4.67. The molecule has 0 aromatic carbocycles. The second-order valence-corrected chi connectivity index (χ2v) is 6.42. The van der Waals surface area contributed by atoms with Crippen molar-refractivity contribution in [2.45, 2.75) is 72.3 Å². The van der Waals surface area contributed by atoms with Gasteiger partial charge in [0.05, 0.1) is 5.60 Å². The van der Waals surface area contributed by atoms with E-state index in [-0.39, 0.29) is 0 Å². The normalized spacial score (nSPS) is 37.7. The zero-order chi connectivity index (χ0) is 12.3. The van der Waals surface area contributed by atoms with Crippen molar-refractivity contribution >= 4 is 0 Å². The molecule has 0 radical (unpaired) electrons. The first-order chi connectivity index (χ1) is 7.41. The highest BCUT2D eigenvalue weighted by atomic mass is 16.3. The van der Waals surface area contributed by atoms with Gasteiger partial charge in [-0.05, 0) is 42.9 Å². The molecule has 0 amide bonds. The van der Waals surface area contributed by atoms with E-state index >= 15 is 0 Å². The van der Waals surface area contributed by atoms with Crippen LogP contribution in [0.4, 0.5) is 0 Å². The van der Waals surface area contributed by atoms with E-state index in [1.165, 1.54) is 19.3 Å². The van der Waals surface area contributed by atoms with Gasteiger partial charge in [-0.3, -0.25) is 0 Å². The highest BCUT2D eigenvalue weighted by Gasteiger charge is 2.45. The van der Waals surface area contributed by atoms with Crippen molar-refractivity contribution in [3.05, 3.63) is 0 Å². The van der Waals surface area contributed by atoms with E-state index < -0.39 is 5.60 Å². The summed E-state index contributed by atoms with van der Waals surface area (Å²) < 4.78 is 0. The predicted octanol–water partition coefficient (Wildman–Crippen LogP) is 4.25. The van der Waals surface area contributed by atoms with E-state index in [4.69, 9.17) is 0 Å². The molecule has 96 valence electrons. The van der Waals surface area contributed by atoms with Gasteiger partial charge < -0.3 is 5.11 Å². The number of aliphatic hydroxyl groups is 1. The molecule has 4 atom stereocenters. The zero-order valence-electron chi connectivity index (χ0n) is 11.8. The molecule has 0 aromatic heterocycles. The van der Waals surface area contributed by atoms with Crippen LogP contribution in [0.5, 0.6) is 0 Å². The molecule has 0 bridgehead atoms. The number of rotatable bonds is 4. The molecule has 0 saturated heterocycles. The van der Waals surface area contributed by atoms with E-state index in [9.17, 15) is 5.11 Å². The minimum atomic E-state index is -0.401. The highest BCUT2D eigenvalue weighted by Crippen LogP contribution is 2.46. The van der Waals surface area contributed by atoms with Crippen LogP contribution >= 0.6 is 0 Å². The summed E-state index contributed by atoms with van der Waals surface area (Å²) in [6.07, 6.45) is 5.86. The maximum atomic E-state index is 11.1. The van der Waals surface area contributed by atoms with Crippen LogP contribution in [-0.4, -0.2) is 10.7 Å². The van der Waals surface area contributed by atoms with E-state index in [1.54, 1.807) is 0 Å². The molecule has 0 aromatic rings. The molecule has 1 aliphatic rings. The van der Waals surface area contributed by atoms with Crippen LogP contribution in [0.2, 0.25) is 0 Å². The monoisotopic (exact) mass is 226 g/mol. The van der Waals surface area contributed by atoms with Crippen LogP contribution < -0.4 is 0 Å². The molecule has 1 aliphatic carbocycles. The Morgan fingerprint density at radius 1 is 1.25 bits per heavy atom. The Kier molecular flexibility index (Phi) is 4.85. The van der Waals surface area contributed by atoms with Crippen LogP contribution in [0.15, 0.2) is 0 Å². The second kappa shape index (κ2) is 5.53. The maximum absolute atomic E-state index is 11.1. The Labute approximate surface area is 102 Å². The molecule has 1 fully saturated rings. The maximum Gasteiger partial charge on any atom is 0.0706 e. The minimum Gasteiger partial charge on any atom is -0.389 e. The molecule has 4 unspecified atom stereocenters.